The molecule has 0 spiro atoms. The van der Waals surface area contributed by atoms with Crippen molar-refractivity contribution in [3.8, 4) is 5.75 Å². The van der Waals surface area contributed by atoms with Crippen LogP contribution in [0.4, 0.5) is 0 Å². The zero-order valence-electron chi connectivity index (χ0n) is 13.3. The van der Waals surface area contributed by atoms with Gasteiger partial charge in [0.05, 0.1) is 15.1 Å². The third-order valence-corrected chi connectivity index (χ3v) is 5.43. The number of rotatable bonds is 3. The Morgan fingerprint density at radius 2 is 1.64 bits per heavy atom. The number of halogens is 4. The molecule has 3 nitrogen and oxygen atoms in total. The Labute approximate surface area is 164 Å². The molecule has 1 aromatic heterocycles. The first-order chi connectivity index (χ1) is 11.8. The van der Waals surface area contributed by atoms with Crippen molar-refractivity contribution in [1.29, 1.82) is 0 Å². The summed E-state index contributed by atoms with van der Waals surface area (Å²) in [5.41, 5.74) is 2.30. The lowest BCUT2D eigenvalue weighted by Crippen LogP contribution is -2.05. The summed E-state index contributed by atoms with van der Waals surface area (Å²) in [7, 11) is 0. The number of fused-ring (bicyclic) bond motifs is 1. The van der Waals surface area contributed by atoms with Gasteiger partial charge in [-0.15, -0.1) is 0 Å². The molecular formula is C18H12Cl4O3. The van der Waals surface area contributed by atoms with Crippen LogP contribution in [0.1, 0.15) is 16.7 Å². The highest BCUT2D eigenvalue weighted by Gasteiger charge is 2.14. The second-order valence-electron chi connectivity index (χ2n) is 5.58. The van der Waals surface area contributed by atoms with Crippen LogP contribution in [0.3, 0.4) is 0 Å². The summed E-state index contributed by atoms with van der Waals surface area (Å²) >= 11 is 24.4. The minimum absolute atomic E-state index is 0.0972. The second kappa shape index (κ2) is 7.08. The van der Waals surface area contributed by atoms with E-state index < -0.39 is 5.63 Å². The molecule has 0 fully saturated rings. The van der Waals surface area contributed by atoms with Crippen LogP contribution in [0.5, 0.6) is 5.75 Å². The molecule has 0 N–H and O–H groups in total. The Kier molecular flexibility index (Phi) is 5.21. The van der Waals surface area contributed by atoms with Gasteiger partial charge in [-0.1, -0.05) is 46.4 Å². The lowest BCUT2D eigenvalue weighted by atomic mass is 10.0. The highest BCUT2D eigenvalue weighted by atomic mass is 35.5. The highest BCUT2D eigenvalue weighted by molar-refractivity contribution is 6.43. The normalized spacial score (nSPS) is 11.1. The van der Waals surface area contributed by atoms with E-state index in [0.717, 1.165) is 16.5 Å². The van der Waals surface area contributed by atoms with E-state index in [-0.39, 0.29) is 6.61 Å². The van der Waals surface area contributed by atoms with Gasteiger partial charge >= 0.3 is 5.63 Å². The number of ether oxygens (including phenoxy) is 1. The summed E-state index contributed by atoms with van der Waals surface area (Å²) in [5, 5.41) is 2.35. The van der Waals surface area contributed by atoms with E-state index in [9.17, 15) is 4.79 Å². The van der Waals surface area contributed by atoms with E-state index in [1.807, 2.05) is 13.8 Å². The molecule has 0 saturated carbocycles. The Morgan fingerprint density at radius 3 is 2.36 bits per heavy atom. The molecule has 0 aliphatic carbocycles. The minimum atomic E-state index is -0.465. The van der Waals surface area contributed by atoms with Gasteiger partial charge in [0.1, 0.15) is 17.9 Å². The van der Waals surface area contributed by atoms with Crippen molar-refractivity contribution in [3.63, 3.8) is 0 Å². The molecule has 0 bridgehead atoms. The SMILES string of the molecule is Cc1cc2oc(=O)cc(COc3cc(Cl)c(Cl)cc3Cl)c2c(C)c1Cl. The Morgan fingerprint density at radius 1 is 0.960 bits per heavy atom. The number of aryl methyl sites for hydroxylation is 2. The summed E-state index contributed by atoms with van der Waals surface area (Å²) in [5.74, 6) is 0.369. The van der Waals surface area contributed by atoms with Gasteiger partial charge in [-0.2, -0.15) is 0 Å². The third kappa shape index (κ3) is 3.61. The van der Waals surface area contributed by atoms with Gasteiger partial charge < -0.3 is 9.15 Å². The first-order valence-electron chi connectivity index (χ1n) is 7.27. The summed E-state index contributed by atoms with van der Waals surface area (Å²) in [6.45, 7) is 3.82. The fourth-order valence-corrected chi connectivity index (χ4v) is 3.38. The second-order valence-corrected chi connectivity index (χ2v) is 7.18. The Bertz CT molecular complexity index is 1040. The molecule has 0 amide bonds. The summed E-state index contributed by atoms with van der Waals surface area (Å²) in [4.78, 5) is 11.9. The van der Waals surface area contributed by atoms with Crippen LogP contribution in [-0.2, 0) is 6.61 Å². The van der Waals surface area contributed by atoms with Gasteiger partial charge in [-0.05, 0) is 37.1 Å². The molecule has 1 heterocycles. The first kappa shape index (κ1) is 18.4. The standard InChI is InChI=1S/C18H12Cl4O3/c1-8-3-15-17(9(2)18(8)22)10(4-16(23)25-15)7-24-14-6-12(20)11(19)5-13(14)21/h3-6H,7H2,1-2H3. The highest BCUT2D eigenvalue weighted by Crippen LogP contribution is 2.35. The van der Waals surface area contributed by atoms with Crippen LogP contribution in [0.15, 0.2) is 33.5 Å². The molecule has 7 heteroatoms. The maximum atomic E-state index is 11.9. The lowest BCUT2D eigenvalue weighted by Gasteiger charge is -2.13. The van der Waals surface area contributed by atoms with Gasteiger partial charge in [0.25, 0.3) is 0 Å². The number of hydrogen-bond acceptors (Lipinski definition) is 3. The fraction of sp³-hybridized carbons (Fsp3) is 0.167. The van der Waals surface area contributed by atoms with Gasteiger partial charge in [0, 0.05) is 28.1 Å². The van der Waals surface area contributed by atoms with Crippen LogP contribution in [0.25, 0.3) is 11.0 Å². The van der Waals surface area contributed by atoms with Crippen molar-refractivity contribution in [2.75, 3.05) is 0 Å². The third-order valence-electron chi connectivity index (χ3n) is 3.83. The van der Waals surface area contributed by atoms with Crippen LogP contribution in [0.2, 0.25) is 20.1 Å². The maximum absolute atomic E-state index is 11.9. The molecule has 3 aromatic rings. The van der Waals surface area contributed by atoms with Crippen LogP contribution in [-0.4, -0.2) is 0 Å². The van der Waals surface area contributed by atoms with Gasteiger partial charge in [-0.25, -0.2) is 4.79 Å². The minimum Gasteiger partial charge on any atom is -0.487 e. The van der Waals surface area contributed by atoms with Gasteiger partial charge in [-0.3, -0.25) is 0 Å². The van der Waals surface area contributed by atoms with Crippen molar-refractivity contribution in [1.82, 2.24) is 0 Å². The molecule has 0 saturated heterocycles. The fourth-order valence-electron chi connectivity index (χ4n) is 2.64. The average molecular weight is 418 g/mol. The molecule has 0 aliphatic heterocycles. The molecule has 0 unspecified atom stereocenters. The monoisotopic (exact) mass is 416 g/mol. The zero-order chi connectivity index (χ0) is 18.3. The van der Waals surface area contributed by atoms with Gasteiger partial charge in [0.15, 0.2) is 0 Å². The van der Waals surface area contributed by atoms with E-state index >= 15 is 0 Å². The molecule has 0 radical (unpaired) electrons. The van der Waals surface area contributed by atoms with Crippen molar-refractivity contribution < 1.29 is 9.15 Å². The Hall–Kier alpha value is -1.39. The zero-order valence-corrected chi connectivity index (χ0v) is 16.3. The molecule has 2 aromatic carbocycles. The van der Waals surface area contributed by atoms with Crippen molar-refractivity contribution in [2.24, 2.45) is 0 Å². The van der Waals surface area contributed by atoms with Crippen LogP contribution < -0.4 is 10.4 Å². The number of hydrogen-bond donors (Lipinski definition) is 0. The summed E-state index contributed by atoms with van der Waals surface area (Å²) < 4.78 is 11.0. The van der Waals surface area contributed by atoms with E-state index in [2.05, 4.69) is 0 Å². The van der Waals surface area contributed by atoms with Crippen molar-refractivity contribution in [3.05, 3.63) is 71.5 Å². The average Bonchev–Trinajstić information content (AvgIpc) is 2.54. The van der Waals surface area contributed by atoms with E-state index in [1.165, 1.54) is 18.2 Å². The predicted molar refractivity (Wildman–Crippen MR) is 103 cm³/mol. The first-order valence-corrected chi connectivity index (χ1v) is 8.79. The maximum Gasteiger partial charge on any atom is 0.336 e. The van der Waals surface area contributed by atoms with Crippen LogP contribution in [0, 0.1) is 13.8 Å². The van der Waals surface area contributed by atoms with Crippen molar-refractivity contribution >= 4 is 57.4 Å². The smallest absolute Gasteiger partial charge is 0.336 e. The molecule has 0 aliphatic rings. The summed E-state index contributed by atoms with van der Waals surface area (Å²) in [6.07, 6.45) is 0. The van der Waals surface area contributed by atoms with Crippen LogP contribution >= 0.6 is 46.4 Å². The Balaban J connectivity index is 2.06. The molecule has 0 atom stereocenters. The van der Waals surface area contributed by atoms with Crippen molar-refractivity contribution in [2.45, 2.75) is 20.5 Å². The van der Waals surface area contributed by atoms with E-state index in [0.29, 0.717) is 37.0 Å². The van der Waals surface area contributed by atoms with E-state index in [1.54, 1.807) is 6.07 Å². The number of benzene rings is 2. The quantitative estimate of drug-likeness (QED) is 0.355. The molecule has 25 heavy (non-hydrogen) atoms. The van der Waals surface area contributed by atoms with E-state index in [4.69, 9.17) is 55.6 Å². The largest absolute Gasteiger partial charge is 0.487 e. The predicted octanol–water partition coefficient (Wildman–Crippen LogP) is 6.60. The topological polar surface area (TPSA) is 39.4 Å². The molecule has 130 valence electrons. The molecule has 3 rings (SSSR count). The van der Waals surface area contributed by atoms with Gasteiger partial charge in [0.2, 0.25) is 0 Å². The lowest BCUT2D eigenvalue weighted by molar-refractivity contribution is 0.307. The molecular weight excluding hydrogens is 406 g/mol. The summed E-state index contributed by atoms with van der Waals surface area (Å²) in [6, 6.07) is 6.15.